The van der Waals surface area contributed by atoms with Crippen molar-refractivity contribution in [2.75, 3.05) is 6.54 Å². The van der Waals surface area contributed by atoms with Gasteiger partial charge in [0, 0.05) is 24.8 Å². The van der Waals surface area contributed by atoms with Crippen molar-refractivity contribution >= 4 is 80.3 Å². The van der Waals surface area contributed by atoms with Gasteiger partial charge >= 0.3 is 0 Å². The first-order valence-corrected chi connectivity index (χ1v) is 10.7. The molecule has 2 aromatic rings. The molecule has 0 atom stereocenters. The van der Waals surface area contributed by atoms with Crippen molar-refractivity contribution in [3.63, 3.8) is 0 Å². The van der Waals surface area contributed by atoms with E-state index in [-0.39, 0.29) is 12.1 Å². The summed E-state index contributed by atoms with van der Waals surface area (Å²) in [5.41, 5.74) is -1.88. The third-order valence-corrected chi connectivity index (χ3v) is 6.68. The first kappa shape index (κ1) is 28.0. The number of carbonyl (C=O) groups is 1. The van der Waals surface area contributed by atoms with Gasteiger partial charge in [-0.25, -0.2) is 8.78 Å². The summed E-state index contributed by atoms with van der Waals surface area (Å²) in [5.74, 6) is -1.93. The Kier molecular flexibility index (Phi) is 7.29. The van der Waals surface area contributed by atoms with Crippen LogP contribution >= 0.6 is 11.6 Å². The third-order valence-electron chi connectivity index (χ3n) is 6.39. The Bertz CT molecular complexity index is 1110. The Morgan fingerprint density at radius 2 is 1.60 bits per heavy atom. The highest BCUT2D eigenvalue weighted by Gasteiger charge is 2.70. The van der Waals surface area contributed by atoms with E-state index < -0.39 is 50.1 Å². The first-order chi connectivity index (χ1) is 15.9. The van der Waals surface area contributed by atoms with Crippen molar-refractivity contribution in [2.45, 2.75) is 40.2 Å². The number of rotatable bonds is 5. The molecule has 0 aliphatic carbocycles. The van der Waals surface area contributed by atoms with Crippen molar-refractivity contribution < 1.29 is 13.6 Å². The lowest BCUT2D eigenvalue weighted by Gasteiger charge is -2.75. The fourth-order valence-corrected chi connectivity index (χ4v) is 4.19. The Hall–Kier alpha value is -1.53. The number of hydrogen-bond donors (Lipinski definition) is 1. The number of amides is 1. The van der Waals surface area contributed by atoms with E-state index in [1.807, 2.05) is 13.0 Å². The normalized spacial score (nSPS) is 21.3. The number of halogens is 3. The van der Waals surface area contributed by atoms with Gasteiger partial charge in [0.05, 0.1) is 73.5 Å². The molecule has 1 aromatic carbocycles. The largest absolute Gasteiger partial charge is 0.363 e. The zero-order valence-corrected chi connectivity index (χ0v) is 19.7. The van der Waals surface area contributed by atoms with E-state index >= 15 is 4.39 Å². The van der Waals surface area contributed by atoms with Gasteiger partial charge in [0.1, 0.15) is 11.5 Å². The van der Waals surface area contributed by atoms with Crippen molar-refractivity contribution in [1.82, 2.24) is 15.2 Å². The minimum atomic E-state index is -3.09. The molecule has 15 heteroatoms. The molecule has 0 spiro atoms. The number of likely N-dealkylation sites (tertiary alicyclic amines) is 1. The van der Waals surface area contributed by atoms with Crippen molar-refractivity contribution in [1.29, 1.82) is 0 Å². The highest BCUT2D eigenvalue weighted by molar-refractivity contribution is 6.62. The quantitative estimate of drug-likeness (QED) is 0.625. The standard InChI is InChI=1S/C20H14B8ClF2N3O/c1-10-2-4-12(33-7-10)8-32-9-16(31)17(21,22)19(25,26)34(20(27,28)18(16,23)24)15(35)11-3-5-14(30)13(29)6-11/h2-7,32H,8-9H2,1H3. The smallest absolute Gasteiger partial charge is 0.252 e. The summed E-state index contributed by atoms with van der Waals surface area (Å²) in [5, 5.41) is -8.79. The van der Waals surface area contributed by atoms with Gasteiger partial charge in [0.25, 0.3) is 5.91 Å². The predicted octanol–water partition coefficient (Wildman–Crippen LogP) is 0.0244. The topological polar surface area (TPSA) is 45.2 Å². The lowest BCUT2D eigenvalue weighted by Crippen LogP contribution is -2.85. The molecule has 0 bridgehead atoms. The number of carbonyl (C=O) groups excluding carboxylic acids is 1. The zero-order valence-electron chi connectivity index (χ0n) is 18.9. The van der Waals surface area contributed by atoms with Gasteiger partial charge in [0.15, 0.2) is 0 Å². The highest BCUT2D eigenvalue weighted by atomic mass is 35.5. The van der Waals surface area contributed by atoms with Gasteiger partial charge in [-0.15, -0.1) is 0 Å². The molecule has 1 fully saturated rings. The molecule has 4 nitrogen and oxygen atoms in total. The van der Waals surface area contributed by atoms with E-state index in [4.69, 9.17) is 74.4 Å². The van der Waals surface area contributed by atoms with Crippen LogP contribution in [0.15, 0.2) is 36.5 Å². The molecular weight excluding hydrogens is 458 g/mol. The summed E-state index contributed by atoms with van der Waals surface area (Å²) in [6, 6.07) is 6.43. The van der Waals surface area contributed by atoms with Crippen LogP contribution in [0.2, 0.25) is 15.5 Å². The molecule has 1 amide bonds. The Morgan fingerprint density at radius 1 is 1.03 bits per heavy atom. The van der Waals surface area contributed by atoms with E-state index in [2.05, 4.69) is 10.3 Å². The van der Waals surface area contributed by atoms with Gasteiger partial charge in [0.2, 0.25) is 0 Å². The number of alkyl halides is 1. The second-order valence-corrected chi connectivity index (χ2v) is 9.30. The van der Waals surface area contributed by atoms with Crippen LogP contribution in [0.5, 0.6) is 0 Å². The van der Waals surface area contributed by atoms with Crippen LogP contribution in [0, 0.1) is 12.7 Å². The monoisotopic (exact) mass is 473 g/mol. The second-order valence-electron chi connectivity index (χ2n) is 8.89. The highest BCUT2D eigenvalue weighted by Crippen LogP contribution is 2.64. The summed E-state index contributed by atoms with van der Waals surface area (Å²) < 4.78 is 30.4. The number of hydrogen-bond acceptors (Lipinski definition) is 3. The lowest BCUT2D eigenvalue weighted by atomic mass is 9.15. The maximum absolute atomic E-state index is 16.7. The molecule has 1 aromatic heterocycles. The Balaban J connectivity index is 2.02. The number of pyridine rings is 1. The number of nitrogens with zero attached hydrogens (tertiary/aromatic N) is 2. The van der Waals surface area contributed by atoms with Crippen LogP contribution < -0.4 is 5.32 Å². The Labute approximate surface area is 219 Å². The number of aryl methyl sites for hydroxylation is 1. The van der Waals surface area contributed by atoms with Crippen LogP contribution in [-0.2, 0) is 6.54 Å². The SMILES string of the molecule is [B]C1([B])N(C(=O)c2ccc(F)c(Cl)c2)C([B])([B])C([B])([B])C(F)(CNCc2ccc(C)cn2)C1([B])[B]. The second kappa shape index (κ2) is 9.09. The number of benzene rings is 1. The molecule has 16 radical (unpaired) electrons. The summed E-state index contributed by atoms with van der Waals surface area (Å²) in [4.78, 5) is 17.9. The minimum absolute atomic E-state index is 0.0547. The summed E-state index contributed by atoms with van der Waals surface area (Å²) in [7, 11) is 49.2. The van der Waals surface area contributed by atoms with E-state index in [9.17, 15) is 9.18 Å². The van der Waals surface area contributed by atoms with Crippen LogP contribution in [0.4, 0.5) is 8.78 Å². The molecule has 0 unspecified atom stereocenters. The Morgan fingerprint density at radius 3 is 2.09 bits per heavy atom. The van der Waals surface area contributed by atoms with Crippen LogP contribution in [0.25, 0.3) is 0 Å². The molecule has 1 saturated heterocycles. The summed E-state index contributed by atoms with van der Waals surface area (Å²) in [6.45, 7) is 1.19. The van der Waals surface area contributed by atoms with Crippen LogP contribution in [0.3, 0.4) is 0 Å². The average molecular weight is 472 g/mol. The van der Waals surface area contributed by atoms with Gasteiger partial charge < -0.3 is 10.2 Å². The van der Waals surface area contributed by atoms with Gasteiger partial charge in [-0.3, -0.25) is 9.78 Å². The number of aromatic nitrogens is 1. The lowest BCUT2D eigenvalue weighted by molar-refractivity contribution is -0.0187. The summed E-state index contributed by atoms with van der Waals surface area (Å²) in [6.07, 6.45) is 1.62. The van der Waals surface area contributed by atoms with Crippen LogP contribution in [0.1, 0.15) is 21.6 Å². The fraction of sp³-hybridized carbons (Fsp3) is 0.400. The van der Waals surface area contributed by atoms with Crippen molar-refractivity contribution in [2.24, 2.45) is 0 Å². The molecule has 3 rings (SSSR count). The predicted molar refractivity (Wildman–Crippen MR) is 139 cm³/mol. The molecule has 1 aliphatic heterocycles. The van der Waals surface area contributed by atoms with E-state index in [1.54, 1.807) is 12.3 Å². The molecule has 0 saturated carbocycles. The molecule has 2 heterocycles. The maximum Gasteiger partial charge on any atom is 0.252 e. The molecular formula is C20H14B8ClF2N3O. The van der Waals surface area contributed by atoms with E-state index in [1.165, 1.54) is 0 Å². The molecule has 160 valence electrons. The van der Waals surface area contributed by atoms with Crippen LogP contribution in [-0.4, -0.2) is 101 Å². The van der Waals surface area contributed by atoms with Crippen molar-refractivity contribution in [3.05, 3.63) is 64.2 Å². The number of nitrogens with one attached hydrogen (secondary N) is 1. The van der Waals surface area contributed by atoms with Gasteiger partial charge in [-0.2, -0.15) is 0 Å². The zero-order chi connectivity index (χ0) is 26.6. The minimum Gasteiger partial charge on any atom is -0.363 e. The van der Waals surface area contributed by atoms with Crippen molar-refractivity contribution in [3.8, 4) is 0 Å². The summed E-state index contributed by atoms with van der Waals surface area (Å²) >= 11 is 5.77. The van der Waals surface area contributed by atoms with E-state index in [0.29, 0.717) is 10.6 Å². The van der Waals surface area contributed by atoms with Gasteiger partial charge in [-0.1, -0.05) is 28.1 Å². The number of piperidine rings is 1. The molecule has 1 N–H and O–H groups in total. The first-order valence-electron chi connectivity index (χ1n) is 10.3. The fourth-order valence-electron chi connectivity index (χ4n) is 4.01. The van der Waals surface area contributed by atoms with Gasteiger partial charge in [-0.05, 0) is 47.4 Å². The molecule has 1 aliphatic rings. The maximum atomic E-state index is 16.7. The van der Waals surface area contributed by atoms with E-state index in [0.717, 1.165) is 23.8 Å². The molecule has 35 heavy (non-hydrogen) atoms. The average Bonchev–Trinajstić information content (AvgIpc) is 2.75. The third kappa shape index (κ3) is 4.22.